The van der Waals surface area contributed by atoms with Gasteiger partial charge in [-0.1, -0.05) is 66.2 Å². The lowest BCUT2D eigenvalue weighted by Gasteiger charge is -2.18. The van der Waals surface area contributed by atoms with E-state index in [-0.39, 0.29) is 31.4 Å². The second kappa shape index (κ2) is 19.6. The number of halogens is 2. The van der Waals surface area contributed by atoms with Gasteiger partial charge in [-0.05, 0) is 69.2 Å². The molecule has 6 rings (SSSR count). The van der Waals surface area contributed by atoms with Crippen LogP contribution in [0, 0.1) is 17.2 Å². The predicted octanol–water partition coefficient (Wildman–Crippen LogP) is 6.75. The Kier molecular flexibility index (Phi) is 14.1. The molecule has 0 radical (unpaired) electrons. The smallest absolute Gasteiger partial charge is 0.323 e. The zero-order valence-corrected chi connectivity index (χ0v) is 33.4. The fraction of sp³-hybridized carbons (Fsp3) is 0.233. The van der Waals surface area contributed by atoms with E-state index in [0.29, 0.717) is 47.6 Å². The quantitative estimate of drug-likeness (QED) is 0.0575. The van der Waals surface area contributed by atoms with Gasteiger partial charge < -0.3 is 29.9 Å². The third kappa shape index (κ3) is 10.2. The normalized spacial score (nSPS) is 12.2. The maximum atomic E-state index is 11.5. The molecule has 2 heterocycles. The fourth-order valence-electron chi connectivity index (χ4n) is 6.35. The maximum Gasteiger partial charge on any atom is 0.323 e. The molecule has 0 aliphatic rings. The van der Waals surface area contributed by atoms with E-state index in [1.807, 2.05) is 71.5 Å². The number of hydrogen-bond donors (Lipinski definition) is 5. The number of aliphatic carboxylic acids is 2. The van der Waals surface area contributed by atoms with Gasteiger partial charge >= 0.3 is 11.9 Å². The van der Waals surface area contributed by atoms with E-state index in [2.05, 4.69) is 32.3 Å². The highest BCUT2D eigenvalue weighted by molar-refractivity contribution is 9.10. The number of ether oxygens (including phenoxy) is 2. The number of aliphatic hydroxyl groups is 2. The van der Waals surface area contributed by atoms with Gasteiger partial charge in [-0.25, -0.2) is 0 Å². The van der Waals surface area contributed by atoms with Gasteiger partial charge in [0.2, 0.25) is 0 Å². The van der Waals surface area contributed by atoms with E-state index in [0.717, 1.165) is 43.2 Å². The van der Waals surface area contributed by atoms with Gasteiger partial charge in [0.25, 0.3) is 0 Å². The lowest BCUT2D eigenvalue weighted by Crippen LogP contribution is -2.39. The van der Waals surface area contributed by atoms with E-state index in [4.69, 9.17) is 26.2 Å². The molecule has 0 saturated carbocycles. The fourth-order valence-corrected chi connectivity index (χ4v) is 7.18. The predicted molar refractivity (Wildman–Crippen MR) is 219 cm³/mol. The first-order chi connectivity index (χ1) is 28.1. The Morgan fingerprint density at radius 1 is 0.845 bits per heavy atom. The van der Waals surface area contributed by atoms with Crippen molar-refractivity contribution in [1.82, 2.24) is 20.1 Å². The second-order valence-electron chi connectivity index (χ2n) is 13.5. The summed E-state index contributed by atoms with van der Waals surface area (Å²) in [5, 5.41) is 55.5. The lowest BCUT2D eigenvalue weighted by molar-refractivity contribution is -0.143. The third-order valence-corrected chi connectivity index (χ3v) is 10.8. The average Bonchev–Trinajstić information content (AvgIpc) is 3.64. The summed E-state index contributed by atoms with van der Waals surface area (Å²) < 4.78 is 15.2. The number of carbonyl (C=O) groups is 2. The molecule has 58 heavy (non-hydrogen) atoms. The number of benzene rings is 4. The highest BCUT2D eigenvalue weighted by atomic mass is 79.9. The summed E-state index contributed by atoms with van der Waals surface area (Å²) in [7, 11) is 0. The molecule has 0 saturated heterocycles. The molecular weight excluding hydrogens is 830 g/mol. The van der Waals surface area contributed by atoms with Crippen LogP contribution in [-0.2, 0) is 42.3 Å². The number of nitrogens with one attached hydrogen (secondary N) is 1. The number of rotatable bonds is 19. The van der Waals surface area contributed by atoms with Crippen molar-refractivity contribution in [3.8, 4) is 28.7 Å². The minimum atomic E-state index is -1.21. The van der Waals surface area contributed by atoms with Gasteiger partial charge in [-0.2, -0.15) is 10.4 Å². The number of carboxylic acids is 2. The Hall–Kier alpha value is -5.82. The number of nitrogens with zero attached hydrogens (tertiary/aromatic N) is 4. The van der Waals surface area contributed by atoms with Crippen LogP contribution >= 0.6 is 27.5 Å². The van der Waals surface area contributed by atoms with Crippen LogP contribution in [0.4, 0.5) is 0 Å². The van der Waals surface area contributed by atoms with Crippen molar-refractivity contribution < 1.29 is 39.5 Å². The van der Waals surface area contributed by atoms with E-state index >= 15 is 0 Å². The molecule has 4 aromatic carbocycles. The van der Waals surface area contributed by atoms with E-state index in [9.17, 15) is 35.3 Å². The minimum Gasteiger partial charge on any atom is -0.488 e. The SMILES string of the molecule is N#Cc1cncc(COc2cc(OCc3cccc(-c4cccc5c4cnn5Cc4ccc(CC[C@@H](CO)C(=O)O)cc4)c3Br)c(Cl)cc2CN[C@@H](CO)C(=O)O)c1. The van der Waals surface area contributed by atoms with Gasteiger partial charge in [0.05, 0.1) is 48.0 Å². The maximum absolute atomic E-state index is 11.5. The zero-order valence-electron chi connectivity index (χ0n) is 31.0. The van der Waals surface area contributed by atoms with Crippen LogP contribution in [0.5, 0.6) is 11.5 Å². The monoisotopic (exact) mass is 867 g/mol. The molecule has 13 nitrogen and oxygen atoms in total. The van der Waals surface area contributed by atoms with Crippen molar-refractivity contribution in [3.05, 3.63) is 140 Å². The van der Waals surface area contributed by atoms with Crippen LogP contribution in [-0.4, -0.2) is 66.4 Å². The summed E-state index contributed by atoms with van der Waals surface area (Å²) in [4.78, 5) is 26.9. The molecule has 0 aliphatic heterocycles. The number of aryl methyl sites for hydroxylation is 1. The average molecular weight is 869 g/mol. The molecule has 0 aliphatic carbocycles. The Balaban J connectivity index is 1.19. The van der Waals surface area contributed by atoms with E-state index in [1.165, 1.54) is 6.20 Å². The Morgan fingerprint density at radius 2 is 1.59 bits per heavy atom. The summed E-state index contributed by atoms with van der Waals surface area (Å²) in [5.74, 6) is -2.30. The number of aromatic nitrogens is 3. The van der Waals surface area contributed by atoms with Crippen molar-refractivity contribution in [3.63, 3.8) is 0 Å². The summed E-state index contributed by atoms with van der Waals surface area (Å²) in [6.07, 6.45) is 5.79. The summed E-state index contributed by atoms with van der Waals surface area (Å²) in [6.45, 7) is -0.252. The van der Waals surface area contributed by atoms with Crippen LogP contribution in [0.3, 0.4) is 0 Å². The molecular formula is C43H39BrClN5O8. The van der Waals surface area contributed by atoms with Crippen LogP contribution in [0.15, 0.2) is 102 Å². The molecule has 2 atom stereocenters. The van der Waals surface area contributed by atoms with Crippen molar-refractivity contribution in [2.45, 2.75) is 45.2 Å². The second-order valence-corrected chi connectivity index (χ2v) is 14.7. The molecule has 6 aromatic rings. The van der Waals surface area contributed by atoms with Crippen LogP contribution < -0.4 is 14.8 Å². The highest BCUT2D eigenvalue weighted by Gasteiger charge is 2.20. The molecule has 5 N–H and O–H groups in total. The molecule has 0 unspecified atom stereocenters. The van der Waals surface area contributed by atoms with Crippen LogP contribution in [0.1, 0.15) is 39.8 Å². The Morgan fingerprint density at radius 3 is 2.31 bits per heavy atom. The van der Waals surface area contributed by atoms with Gasteiger partial charge in [-0.3, -0.25) is 24.6 Å². The van der Waals surface area contributed by atoms with Gasteiger partial charge in [0.1, 0.15) is 36.8 Å². The number of carboxylic acid groups (broad SMARTS) is 2. The largest absolute Gasteiger partial charge is 0.488 e. The van der Waals surface area contributed by atoms with Crippen molar-refractivity contribution >= 4 is 50.4 Å². The highest BCUT2D eigenvalue weighted by Crippen LogP contribution is 2.38. The first-order valence-electron chi connectivity index (χ1n) is 18.2. The van der Waals surface area contributed by atoms with Crippen LogP contribution in [0.25, 0.3) is 22.0 Å². The molecule has 0 amide bonds. The summed E-state index contributed by atoms with van der Waals surface area (Å²) >= 11 is 10.5. The number of pyridine rings is 1. The van der Waals surface area contributed by atoms with Gasteiger partial charge in [-0.15, -0.1) is 0 Å². The van der Waals surface area contributed by atoms with Gasteiger partial charge in [0.15, 0.2) is 0 Å². The minimum absolute atomic E-state index is 0.0218. The standard InChI is InChI=1S/C43H39BrClN5O8/c44-41-31(25-58-40-15-39(57-24-29-13-28(16-46)17-47-18-29)32(14-36(40)45)19-48-37(23-52)43(55)56)3-1-5-34(41)33-4-2-6-38-35(33)20-49-50(38)21-27-9-7-26(8-10-27)11-12-30(22-51)42(53)54/h1-10,13-15,17-18,20,30,37,48,51-52H,11-12,19,21-25H2,(H,53,54)(H,55,56)/t30-,37-/m0/s1. The molecule has 298 valence electrons. The van der Waals surface area contributed by atoms with Crippen molar-refractivity contribution in [2.24, 2.45) is 5.92 Å². The van der Waals surface area contributed by atoms with Crippen molar-refractivity contribution in [1.29, 1.82) is 5.26 Å². The molecule has 0 fully saturated rings. The van der Waals surface area contributed by atoms with Crippen molar-refractivity contribution in [2.75, 3.05) is 13.2 Å². The number of nitriles is 1. The number of aliphatic hydroxyl groups excluding tert-OH is 2. The molecule has 0 spiro atoms. The molecule has 15 heteroatoms. The first kappa shape index (κ1) is 41.8. The van der Waals surface area contributed by atoms with E-state index in [1.54, 1.807) is 24.4 Å². The van der Waals surface area contributed by atoms with Crippen LogP contribution in [0.2, 0.25) is 5.02 Å². The zero-order chi connectivity index (χ0) is 41.2. The Bertz CT molecular complexity index is 2450. The number of hydrogen-bond acceptors (Lipinski definition) is 10. The molecule has 2 aromatic heterocycles. The van der Waals surface area contributed by atoms with E-state index < -0.39 is 30.5 Å². The first-order valence-corrected chi connectivity index (χ1v) is 19.4. The Labute approximate surface area is 347 Å². The lowest BCUT2D eigenvalue weighted by atomic mass is 9.99. The number of fused-ring (bicyclic) bond motifs is 1. The molecule has 0 bridgehead atoms. The van der Waals surface area contributed by atoms with Gasteiger partial charge in [0, 0.05) is 51.6 Å². The third-order valence-electron chi connectivity index (χ3n) is 9.60. The summed E-state index contributed by atoms with van der Waals surface area (Å²) in [5.41, 5.74) is 7.26. The summed E-state index contributed by atoms with van der Waals surface area (Å²) in [6, 6.07) is 25.6. The topological polar surface area (TPSA) is 200 Å².